The first-order valence-corrected chi connectivity index (χ1v) is 17.2. The van der Waals surface area contributed by atoms with Crippen molar-refractivity contribution in [3.05, 3.63) is 69.9 Å². The Hall–Kier alpha value is -2.57. The maximum atomic E-state index is 14.9. The second kappa shape index (κ2) is 12.1. The molecule has 0 saturated heterocycles. The van der Waals surface area contributed by atoms with Gasteiger partial charge in [-0.15, -0.1) is 11.8 Å². The summed E-state index contributed by atoms with van der Waals surface area (Å²) in [5, 5.41) is 4.72. The van der Waals surface area contributed by atoms with Crippen LogP contribution in [0.15, 0.2) is 57.4 Å². The van der Waals surface area contributed by atoms with Crippen molar-refractivity contribution in [2.24, 2.45) is 16.9 Å². The van der Waals surface area contributed by atoms with Gasteiger partial charge in [-0.3, -0.25) is 14.6 Å². The summed E-state index contributed by atoms with van der Waals surface area (Å²) in [5.41, 5.74) is 1.91. The predicted molar refractivity (Wildman–Crippen MR) is 162 cm³/mol. The van der Waals surface area contributed by atoms with Crippen LogP contribution in [0.2, 0.25) is 0 Å². The lowest BCUT2D eigenvalue weighted by Gasteiger charge is -2.29. The molecule has 232 valence electrons. The van der Waals surface area contributed by atoms with Crippen molar-refractivity contribution < 1.29 is 26.0 Å². The SMILES string of the molecule is CN1N=C(C(F)(F)F)C2C=C(CN3CCc4cc(S(=O)(=O)Nc5ccc(CCCC6CCCC6)cc5F)ccc4C3)SC21. The monoisotopic (exact) mass is 636 g/mol. The molecule has 4 aliphatic rings. The number of sulfonamides is 1. The van der Waals surface area contributed by atoms with Crippen molar-refractivity contribution in [1.29, 1.82) is 0 Å². The van der Waals surface area contributed by atoms with Gasteiger partial charge >= 0.3 is 6.18 Å². The molecule has 12 heteroatoms. The number of hydrogen-bond acceptors (Lipinski definition) is 6. The zero-order valence-electron chi connectivity index (χ0n) is 24.0. The van der Waals surface area contributed by atoms with Gasteiger partial charge in [0.2, 0.25) is 0 Å². The van der Waals surface area contributed by atoms with E-state index in [0.717, 1.165) is 46.8 Å². The number of aryl methyl sites for hydroxylation is 1. The van der Waals surface area contributed by atoms with E-state index in [0.29, 0.717) is 26.1 Å². The molecule has 3 heterocycles. The zero-order valence-corrected chi connectivity index (χ0v) is 25.7. The summed E-state index contributed by atoms with van der Waals surface area (Å²) in [6, 6.07) is 9.64. The molecule has 0 spiro atoms. The fourth-order valence-corrected chi connectivity index (χ4v) is 9.17. The summed E-state index contributed by atoms with van der Waals surface area (Å²) in [7, 11) is -2.43. The number of hydrazone groups is 1. The molecule has 2 aromatic carbocycles. The highest BCUT2D eigenvalue weighted by atomic mass is 32.2. The molecule has 1 saturated carbocycles. The van der Waals surface area contributed by atoms with Crippen molar-refractivity contribution >= 4 is 33.2 Å². The zero-order chi connectivity index (χ0) is 30.4. The van der Waals surface area contributed by atoms with Gasteiger partial charge in [-0.25, -0.2) is 12.8 Å². The van der Waals surface area contributed by atoms with Gasteiger partial charge in [0.1, 0.15) is 11.2 Å². The molecule has 1 fully saturated rings. The number of fused-ring (bicyclic) bond motifs is 2. The molecule has 0 radical (unpaired) electrons. The number of rotatable bonds is 9. The third-order valence-electron chi connectivity index (χ3n) is 8.97. The summed E-state index contributed by atoms with van der Waals surface area (Å²) in [5.74, 6) is -0.574. The molecule has 2 aromatic rings. The van der Waals surface area contributed by atoms with Crippen LogP contribution in [0.5, 0.6) is 0 Å². The second-order valence-electron chi connectivity index (χ2n) is 12.1. The Morgan fingerprint density at radius 2 is 1.88 bits per heavy atom. The van der Waals surface area contributed by atoms with Crippen LogP contribution >= 0.6 is 11.8 Å². The molecule has 1 aliphatic carbocycles. The van der Waals surface area contributed by atoms with Crippen molar-refractivity contribution in [1.82, 2.24) is 9.91 Å². The third kappa shape index (κ3) is 6.76. The van der Waals surface area contributed by atoms with E-state index in [1.54, 1.807) is 31.3 Å². The van der Waals surface area contributed by atoms with E-state index in [-0.39, 0.29) is 16.0 Å². The minimum absolute atomic E-state index is 0.0695. The van der Waals surface area contributed by atoms with E-state index in [2.05, 4.69) is 14.7 Å². The quantitative estimate of drug-likeness (QED) is 0.303. The second-order valence-corrected chi connectivity index (χ2v) is 15.0. The average Bonchev–Trinajstić information content (AvgIpc) is 3.68. The van der Waals surface area contributed by atoms with Crippen LogP contribution in [0.1, 0.15) is 55.2 Å². The Balaban J connectivity index is 1.06. The van der Waals surface area contributed by atoms with E-state index in [1.165, 1.54) is 60.7 Å². The molecular weight excluding hydrogens is 600 g/mol. The predicted octanol–water partition coefficient (Wildman–Crippen LogP) is 6.93. The Kier molecular flexibility index (Phi) is 8.56. The number of halogens is 4. The van der Waals surface area contributed by atoms with Crippen molar-refractivity contribution in [2.45, 2.75) is 74.4 Å². The van der Waals surface area contributed by atoms with Crippen LogP contribution in [-0.4, -0.2) is 55.7 Å². The molecule has 3 aliphatic heterocycles. The molecule has 2 atom stereocenters. The van der Waals surface area contributed by atoms with E-state index >= 15 is 0 Å². The van der Waals surface area contributed by atoms with Gasteiger partial charge in [0.05, 0.1) is 16.5 Å². The van der Waals surface area contributed by atoms with Crippen LogP contribution in [0, 0.1) is 17.7 Å². The first-order valence-electron chi connectivity index (χ1n) is 14.9. The van der Waals surface area contributed by atoms with Gasteiger partial charge in [-0.1, -0.05) is 50.3 Å². The van der Waals surface area contributed by atoms with Crippen molar-refractivity contribution in [3.63, 3.8) is 0 Å². The van der Waals surface area contributed by atoms with Crippen LogP contribution < -0.4 is 4.72 Å². The smallest absolute Gasteiger partial charge is 0.294 e. The molecule has 43 heavy (non-hydrogen) atoms. The fraction of sp³-hybridized carbons (Fsp3) is 0.516. The lowest BCUT2D eigenvalue weighted by molar-refractivity contribution is -0.0613. The highest BCUT2D eigenvalue weighted by molar-refractivity contribution is 8.04. The van der Waals surface area contributed by atoms with Gasteiger partial charge in [-0.2, -0.15) is 18.3 Å². The lowest BCUT2D eigenvalue weighted by Crippen LogP contribution is -2.32. The minimum atomic E-state index is -4.46. The highest BCUT2D eigenvalue weighted by Gasteiger charge is 2.51. The van der Waals surface area contributed by atoms with E-state index in [4.69, 9.17) is 0 Å². The van der Waals surface area contributed by atoms with E-state index in [1.807, 2.05) is 0 Å². The van der Waals surface area contributed by atoms with E-state index < -0.39 is 33.6 Å². The number of nitrogens with one attached hydrogen (secondary N) is 1. The number of nitrogens with zero attached hydrogens (tertiary/aromatic N) is 3. The maximum absolute atomic E-state index is 14.9. The Labute approximate surface area is 254 Å². The Morgan fingerprint density at radius 1 is 1.09 bits per heavy atom. The van der Waals surface area contributed by atoms with Gasteiger partial charge < -0.3 is 0 Å². The Morgan fingerprint density at radius 3 is 2.63 bits per heavy atom. The van der Waals surface area contributed by atoms with E-state index in [9.17, 15) is 26.0 Å². The number of benzene rings is 2. The highest BCUT2D eigenvalue weighted by Crippen LogP contribution is 2.46. The standard InChI is InChI=1S/C31H36F4N4O2S2/c1-38-30-26(29(36-38)31(33,34)35)17-24(42-30)19-39-14-13-22-16-25(11-10-23(22)18-39)43(40,41)37-28-12-9-21(15-27(28)32)8-4-7-20-5-2-3-6-20/h9-12,15-17,20,26,30,37H,2-8,13-14,18-19H2,1H3. The van der Waals surface area contributed by atoms with Gasteiger partial charge in [0.15, 0.2) is 5.71 Å². The van der Waals surface area contributed by atoms with Crippen LogP contribution in [0.3, 0.4) is 0 Å². The number of anilines is 1. The Bertz CT molecular complexity index is 1540. The topological polar surface area (TPSA) is 65.0 Å². The summed E-state index contributed by atoms with van der Waals surface area (Å²) >= 11 is 1.41. The largest absolute Gasteiger partial charge is 0.431 e. The number of hydrogen-bond donors (Lipinski definition) is 1. The summed E-state index contributed by atoms with van der Waals surface area (Å²) < 4.78 is 83.9. The molecule has 2 unspecified atom stereocenters. The van der Waals surface area contributed by atoms with Crippen LogP contribution in [0.25, 0.3) is 0 Å². The molecule has 0 aromatic heterocycles. The lowest BCUT2D eigenvalue weighted by atomic mass is 9.98. The molecule has 0 bridgehead atoms. The summed E-state index contributed by atoms with van der Waals surface area (Å²) in [6.07, 6.45) is 5.95. The summed E-state index contributed by atoms with van der Waals surface area (Å²) in [4.78, 5) is 3.11. The van der Waals surface area contributed by atoms with Gasteiger partial charge in [0.25, 0.3) is 10.0 Å². The third-order valence-corrected chi connectivity index (χ3v) is 11.7. The fourth-order valence-electron chi connectivity index (χ4n) is 6.71. The normalized spacial score (nSPS) is 22.9. The van der Waals surface area contributed by atoms with Crippen molar-refractivity contribution in [2.75, 3.05) is 24.9 Å². The number of alkyl halides is 3. The van der Waals surface area contributed by atoms with Crippen molar-refractivity contribution in [3.8, 4) is 0 Å². The average molecular weight is 637 g/mol. The first-order chi connectivity index (χ1) is 20.5. The molecule has 0 amide bonds. The molecular formula is C31H36F4N4O2S2. The maximum Gasteiger partial charge on any atom is 0.431 e. The molecule has 6 nitrogen and oxygen atoms in total. The van der Waals surface area contributed by atoms with Crippen LogP contribution in [0.4, 0.5) is 23.2 Å². The first kappa shape index (κ1) is 30.5. The van der Waals surface area contributed by atoms with Gasteiger partial charge in [0, 0.05) is 26.7 Å². The number of thioether (sulfide) groups is 1. The summed E-state index contributed by atoms with van der Waals surface area (Å²) in [6.45, 7) is 1.72. The van der Waals surface area contributed by atoms with Crippen LogP contribution in [-0.2, 0) is 29.4 Å². The molecule has 6 rings (SSSR count). The minimum Gasteiger partial charge on any atom is -0.294 e. The molecule has 1 N–H and O–H groups in total. The van der Waals surface area contributed by atoms with Gasteiger partial charge in [-0.05, 0) is 71.0 Å².